The molecule has 1 N–H and O–H groups in total. The Labute approximate surface area is 124 Å². The first kappa shape index (κ1) is 15.1. The van der Waals surface area contributed by atoms with Crippen molar-refractivity contribution >= 4 is 23.2 Å². The average Bonchev–Trinajstić information content (AvgIpc) is 2.44. The largest absolute Gasteiger partial charge is 0.479 e. The van der Waals surface area contributed by atoms with Crippen molar-refractivity contribution in [3.05, 3.63) is 30.9 Å². The lowest BCUT2D eigenvalue weighted by atomic mass is 10.1. The number of carbonyl (C=O) groups excluding carboxylic acids is 2. The lowest BCUT2D eigenvalue weighted by molar-refractivity contribution is -0.125. The van der Waals surface area contributed by atoms with Crippen LogP contribution in [0.1, 0.15) is 26.7 Å². The van der Waals surface area contributed by atoms with Crippen LogP contribution in [0, 0.1) is 0 Å². The zero-order valence-electron chi connectivity index (χ0n) is 12.4. The maximum Gasteiger partial charge on any atom is 0.268 e. The molecule has 1 atom stereocenters. The summed E-state index contributed by atoms with van der Waals surface area (Å²) in [6.07, 6.45) is 2.41. The predicted molar refractivity (Wildman–Crippen MR) is 82.6 cm³/mol. The third kappa shape index (κ3) is 3.24. The second-order valence-electron chi connectivity index (χ2n) is 4.98. The highest BCUT2D eigenvalue weighted by Gasteiger charge is 2.30. The Bertz CT molecular complexity index is 569. The van der Waals surface area contributed by atoms with Gasteiger partial charge in [0, 0.05) is 24.7 Å². The summed E-state index contributed by atoms with van der Waals surface area (Å²) in [5.41, 5.74) is 1.37. The van der Waals surface area contributed by atoms with Crippen molar-refractivity contribution in [3.8, 4) is 5.75 Å². The smallest absolute Gasteiger partial charge is 0.268 e. The van der Waals surface area contributed by atoms with E-state index in [2.05, 4.69) is 11.9 Å². The van der Waals surface area contributed by atoms with E-state index >= 15 is 0 Å². The summed E-state index contributed by atoms with van der Waals surface area (Å²) in [6, 6.07) is 5.31. The molecule has 0 bridgehead atoms. The van der Waals surface area contributed by atoms with Crippen molar-refractivity contribution in [3.63, 3.8) is 0 Å². The van der Waals surface area contributed by atoms with Crippen molar-refractivity contribution in [1.82, 2.24) is 0 Å². The van der Waals surface area contributed by atoms with Crippen LogP contribution in [-0.4, -0.2) is 24.5 Å². The maximum atomic E-state index is 12.1. The van der Waals surface area contributed by atoms with E-state index in [-0.39, 0.29) is 11.8 Å². The van der Waals surface area contributed by atoms with E-state index in [1.165, 1.54) is 0 Å². The molecule has 0 aliphatic carbocycles. The van der Waals surface area contributed by atoms with E-state index in [1.807, 2.05) is 6.92 Å². The lowest BCUT2D eigenvalue weighted by Crippen LogP contribution is -2.44. The van der Waals surface area contributed by atoms with Crippen LogP contribution in [0.15, 0.2) is 30.9 Å². The minimum absolute atomic E-state index is 0.0275. The molecule has 1 aliphatic heterocycles. The van der Waals surface area contributed by atoms with Gasteiger partial charge in [-0.05, 0) is 25.5 Å². The molecular formula is C16H20N2O3. The number of ether oxygens (including phenoxy) is 1. The van der Waals surface area contributed by atoms with E-state index in [0.717, 1.165) is 6.42 Å². The SMILES string of the molecule is C=CCN1C(=O)C(C)Oc2cc(NC(=O)CCC)ccc21. The number of anilines is 2. The molecule has 0 saturated carbocycles. The fourth-order valence-electron chi connectivity index (χ4n) is 2.26. The molecule has 1 unspecified atom stereocenters. The van der Waals surface area contributed by atoms with E-state index in [4.69, 9.17) is 4.74 Å². The van der Waals surface area contributed by atoms with E-state index < -0.39 is 6.10 Å². The number of amides is 2. The van der Waals surface area contributed by atoms with Gasteiger partial charge in [-0.3, -0.25) is 9.59 Å². The Hall–Kier alpha value is -2.30. The number of hydrogen-bond acceptors (Lipinski definition) is 3. The van der Waals surface area contributed by atoms with Gasteiger partial charge in [-0.2, -0.15) is 0 Å². The molecule has 1 aromatic rings. The summed E-state index contributed by atoms with van der Waals surface area (Å²) in [5, 5.41) is 2.82. The molecule has 112 valence electrons. The van der Waals surface area contributed by atoms with Gasteiger partial charge in [0.25, 0.3) is 5.91 Å². The van der Waals surface area contributed by atoms with Crippen LogP contribution in [0.3, 0.4) is 0 Å². The van der Waals surface area contributed by atoms with Gasteiger partial charge in [0.1, 0.15) is 5.75 Å². The molecule has 5 nitrogen and oxygen atoms in total. The van der Waals surface area contributed by atoms with Crippen molar-refractivity contribution in [2.45, 2.75) is 32.8 Å². The standard InChI is InChI=1S/C16H20N2O3/c1-4-6-15(19)17-12-7-8-13-14(10-12)21-11(3)16(20)18(13)9-5-2/h5,7-8,10-11H,2,4,6,9H2,1,3H3,(H,17,19). The van der Waals surface area contributed by atoms with Crippen LogP contribution >= 0.6 is 0 Å². The Kier molecular flexibility index (Phi) is 4.62. The average molecular weight is 288 g/mol. The van der Waals surface area contributed by atoms with Crippen molar-refractivity contribution < 1.29 is 14.3 Å². The van der Waals surface area contributed by atoms with Gasteiger partial charge in [0.2, 0.25) is 5.91 Å². The number of hydrogen-bond donors (Lipinski definition) is 1. The molecule has 1 aromatic carbocycles. The van der Waals surface area contributed by atoms with Crippen LogP contribution < -0.4 is 15.0 Å². The molecule has 0 aromatic heterocycles. The lowest BCUT2D eigenvalue weighted by Gasteiger charge is -2.32. The maximum absolute atomic E-state index is 12.1. The monoisotopic (exact) mass is 288 g/mol. The molecular weight excluding hydrogens is 268 g/mol. The van der Waals surface area contributed by atoms with E-state index in [9.17, 15) is 9.59 Å². The molecule has 0 saturated heterocycles. The van der Waals surface area contributed by atoms with E-state index in [1.54, 1.807) is 36.1 Å². The van der Waals surface area contributed by atoms with Crippen molar-refractivity contribution in [2.75, 3.05) is 16.8 Å². The number of benzene rings is 1. The number of nitrogens with one attached hydrogen (secondary N) is 1. The van der Waals surface area contributed by atoms with Gasteiger partial charge in [-0.1, -0.05) is 13.0 Å². The Morgan fingerprint density at radius 2 is 2.29 bits per heavy atom. The predicted octanol–water partition coefficient (Wildman–Crippen LogP) is 2.73. The van der Waals surface area contributed by atoms with Gasteiger partial charge in [0.05, 0.1) is 5.69 Å². The Morgan fingerprint density at radius 3 is 2.95 bits per heavy atom. The summed E-state index contributed by atoms with van der Waals surface area (Å²) in [6.45, 7) is 7.77. The topological polar surface area (TPSA) is 58.6 Å². The van der Waals surface area contributed by atoms with Crippen LogP contribution in [-0.2, 0) is 9.59 Å². The third-order valence-electron chi connectivity index (χ3n) is 3.24. The summed E-state index contributed by atoms with van der Waals surface area (Å²) in [7, 11) is 0. The van der Waals surface area contributed by atoms with Gasteiger partial charge in [0.15, 0.2) is 6.10 Å². The van der Waals surface area contributed by atoms with Crippen molar-refractivity contribution in [1.29, 1.82) is 0 Å². The minimum Gasteiger partial charge on any atom is -0.479 e. The summed E-state index contributed by atoms with van der Waals surface area (Å²) in [5.74, 6) is 0.476. The molecule has 0 radical (unpaired) electrons. The van der Waals surface area contributed by atoms with Crippen molar-refractivity contribution in [2.24, 2.45) is 0 Å². The first-order valence-electron chi connectivity index (χ1n) is 7.09. The second kappa shape index (κ2) is 6.43. The first-order chi connectivity index (χ1) is 10.1. The highest BCUT2D eigenvalue weighted by atomic mass is 16.5. The minimum atomic E-state index is -0.543. The molecule has 0 fully saturated rings. The summed E-state index contributed by atoms with van der Waals surface area (Å²) in [4.78, 5) is 25.4. The van der Waals surface area contributed by atoms with Gasteiger partial charge < -0.3 is 15.0 Å². The fraction of sp³-hybridized carbons (Fsp3) is 0.375. The summed E-state index contributed by atoms with van der Waals surface area (Å²) < 4.78 is 5.63. The highest BCUT2D eigenvalue weighted by molar-refractivity contribution is 6.00. The highest BCUT2D eigenvalue weighted by Crippen LogP contribution is 2.36. The molecule has 5 heteroatoms. The number of nitrogens with zero attached hydrogens (tertiary/aromatic N) is 1. The van der Waals surface area contributed by atoms with Gasteiger partial charge in [-0.15, -0.1) is 6.58 Å². The Balaban J connectivity index is 2.27. The third-order valence-corrected chi connectivity index (χ3v) is 3.24. The summed E-state index contributed by atoms with van der Waals surface area (Å²) >= 11 is 0. The van der Waals surface area contributed by atoms with Gasteiger partial charge in [-0.25, -0.2) is 0 Å². The zero-order valence-corrected chi connectivity index (χ0v) is 12.4. The Morgan fingerprint density at radius 1 is 1.52 bits per heavy atom. The van der Waals surface area contributed by atoms with Gasteiger partial charge >= 0.3 is 0 Å². The molecule has 21 heavy (non-hydrogen) atoms. The number of carbonyl (C=O) groups is 2. The fourth-order valence-corrected chi connectivity index (χ4v) is 2.26. The van der Waals surface area contributed by atoms with Crippen LogP contribution in [0.25, 0.3) is 0 Å². The van der Waals surface area contributed by atoms with E-state index in [0.29, 0.717) is 30.1 Å². The van der Waals surface area contributed by atoms with Crippen LogP contribution in [0.5, 0.6) is 5.75 Å². The first-order valence-corrected chi connectivity index (χ1v) is 7.09. The normalized spacial score (nSPS) is 17.0. The zero-order chi connectivity index (χ0) is 15.4. The molecule has 2 rings (SSSR count). The van der Waals surface area contributed by atoms with Crippen LogP contribution in [0.2, 0.25) is 0 Å². The molecule has 0 spiro atoms. The molecule has 2 amide bonds. The number of rotatable bonds is 5. The second-order valence-corrected chi connectivity index (χ2v) is 4.98. The molecule has 1 aliphatic rings. The molecule has 1 heterocycles. The number of fused-ring (bicyclic) bond motifs is 1. The quantitative estimate of drug-likeness (QED) is 0.847. The van der Waals surface area contributed by atoms with Crippen LogP contribution in [0.4, 0.5) is 11.4 Å².